The molecular weight excluding hydrogens is 217 g/mol. The molecule has 1 saturated carbocycles. The van der Waals surface area contributed by atoms with E-state index < -0.39 is 6.10 Å². The van der Waals surface area contributed by atoms with E-state index in [4.69, 9.17) is 0 Å². The molecule has 1 aromatic carbocycles. The molecule has 2 rings (SSSR count). The van der Waals surface area contributed by atoms with Crippen molar-refractivity contribution < 1.29 is 9.50 Å². The van der Waals surface area contributed by atoms with E-state index in [2.05, 4.69) is 6.92 Å². The Hall–Kier alpha value is -1.09. The molecule has 2 nitrogen and oxygen atoms in total. The van der Waals surface area contributed by atoms with Crippen LogP contribution in [0.15, 0.2) is 18.2 Å². The number of nitrogens with zero attached hydrogens (tertiary/aromatic N) is 1. The molecule has 2 atom stereocenters. The van der Waals surface area contributed by atoms with Crippen LogP contribution < -0.4 is 4.90 Å². The van der Waals surface area contributed by atoms with Crippen molar-refractivity contribution in [1.29, 1.82) is 0 Å². The van der Waals surface area contributed by atoms with Crippen LogP contribution in [-0.4, -0.2) is 18.2 Å². The molecular formula is C14H20FNO. The number of rotatable bonds is 4. The molecule has 0 spiro atoms. The van der Waals surface area contributed by atoms with Crippen LogP contribution in [-0.2, 0) is 0 Å². The van der Waals surface area contributed by atoms with Gasteiger partial charge >= 0.3 is 0 Å². The summed E-state index contributed by atoms with van der Waals surface area (Å²) < 4.78 is 14.0. The SMILES string of the molecule is CC(C1CC1)N(C)c1c(F)cccc1[C@@H](C)O. The number of para-hydroxylation sites is 1. The summed E-state index contributed by atoms with van der Waals surface area (Å²) in [5, 5.41) is 9.72. The predicted molar refractivity (Wildman–Crippen MR) is 67.6 cm³/mol. The van der Waals surface area contributed by atoms with Gasteiger partial charge in [-0.25, -0.2) is 4.39 Å². The Kier molecular flexibility index (Phi) is 3.38. The molecule has 0 heterocycles. The van der Waals surface area contributed by atoms with Crippen LogP contribution in [0, 0.1) is 11.7 Å². The van der Waals surface area contributed by atoms with E-state index in [1.165, 1.54) is 18.9 Å². The second kappa shape index (κ2) is 4.65. The van der Waals surface area contributed by atoms with Crippen molar-refractivity contribution in [3.05, 3.63) is 29.6 Å². The van der Waals surface area contributed by atoms with Crippen molar-refractivity contribution in [3.8, 4) is 0 Å². The second-order valence-electron chi connectivity index (χ2n) is 5.04. The summed E-state index contributed by atoms with van der Waals surface area (Å²) >= 11 is 0. The molecule has 0 amide bonds. The zero-order valence-corrected chi connectivity index (χ0v) is 10.7. The van der Waals surface area contributed by atoms with Gasteiger partial charge in [-0.2, -0.15) is 0 Å². The smallest absolute Gasteiger partial charge is 0.146 e. The van der Waals surface area contributed by atoms with E-state index in [-0.39, 0.29) is 5.82 Å². The first kappa shape index (κ1) is 12.4. The minimum atomic E-state index is -0.644. The number of hydrogen-bond donors (Lipinski definition) is 1. The average Bonchev–Trinajstić information content (AvgIpc) is 3.10. The van der Waals surface area contributed by atoms with Gasteiger partial charge in [-0.05, 0) is 38.7 Å². The first-order chi connectivity index (χ1) is 8.02. The fraction of sp³-hybridized carbons (Fsp3) is 0.571. The third-order valence-corrected chi connectivity index (χ3v) is 3.74. The minimum absolute atomic E-state index is 0.251. The number of aliphatic hydroxyl groups is 1. The molecule has 0 bridgehead atoms. The van der Waals surface area contributed by atoms with Gasteiger partial charge in [-0.1, -0.05) is 12.1 Å². The normalized spacial score (nSPS) is 18.9. The Morgan fingerprint density at radius 1 is 1.35 bits per heavy atom. The van der Waals surface area contributed by atoms with Gasteiger partial charge in [0.1, 0.15) is 5.82 Å². The third-order valence-electron chi connectivity index (χ3n) is 3.74. The molecule has 17 heavy (non-hydrogen) atoms. The number of halogens is 1. The maximum Gasteiger partial charge on any atom is 0.146 e. The third kappa shape index (κ3) is 2.44. The van der Waals surface area contributed by atoms with Gasteiger partial charge in [-0.3, -0.25) is 0 Å². The lowest BCUT2D eigenvalue weighted by Gasteiger charge is -2.30. The summed E-state index contributed by atoms with van der Waals surface area (Å²) in [6, 6.07) is 5.22. The van der Waals surface area contributed by atoms with Crippen LogP contribution in [0.25, 0.3) is 0 Å². The van der Waals surface area contributed by atoms with E-state index in [9.17, 15) is 9.50 Å². The summed E-state index contributed by atoms with van der Waals surface area (Å²) in [4.78, 5) is 1.97. The fourth-order valence-electron chi connectivity index (χ4n) is 2.34. The molecule has 1 aliphatic rings. The minimum Gasteiger partial charge on any atom is -0.389 e. The Morgan fingerprint density at radius 2 is 2.00 bits per heavy atom. The highest BCUT2D eigenvalue weighted by Crippen LogP contribution is 2.38. The molecule has 94 valence electrons. The van der Waals surface area contributed by atoms with Gasteiger partial charge in [0.25, 0.3) is 0 Å². The molecule has 3 heteroatoms. The average molecular weight is 237 g/mol. The first-order valence-electron chi connectivity index (χ1n) is 6.21. The molecule has 1 fully saturated rings. The van der Waals surface area contributed by atoms with Crippen LogP contribution >= 0.6 is 0 Å². The van der Waals surface area contributed by atoms with Crippen molar-refractivity contribution in [2.45, 2.75) is 38.8 Å². The number of hydrogen-bond acceptors (Lipinski definition) is 2. The second-order valence-corrected chi connectivity index (χ2v) is 5.04. The quantitative estimate of drug-likeness (QED) is 0.869. The summed E-state index contributed by atoms with van der Waals surface area (Å²) in [5.41, 5.74) is 1.21. The maximum atomic E-state index is 14.0. The molecule has 0 saturated heterocycles. The van der Waals surface area contributed by atoms with E-state index in [1.54, 1.807) is 19.1 Å². The van der Waals surface area contributed by atoms with Crippen molar-refractivity contribution in [2.24, 2.45) is 5.92 Å². The topological polar surface area (TPSA) is 23.5 Å². The number of anilines is 1. The fourth-order valence-corrected chi connectivity index (χ4v) is 2.34. The van der Waals surface area contributed by atoms with Gasteiger partial charge in [0.15, 0.2) is 0 Å². The molecule has 1 aromatic rings. The lowest BCUT2D eigenvalue weighted by atomic mass is 10.0. The molecule has 1 N–H and O–H groups in total. The van der Waals surface area contributed by atoms with Crippen molar-refractivity contribution >= 4 is 5.69 Å². The van der Waals surface area contributed by atoms with Crippen molar-refractivity contribution in [1.82, 2.24) is 0 Å². The Morgan fingerprint density at radius 3 is 2.53 bits per heavy atom. The first-order valence-corrected chi connectivity index (χ1v) is 6.21. The predicted octanol–water partition coefficient (Wildman–Crippen LogP) is 3.11. The summed E-state index contributed by atoms with van der Waals surface area (Å²) in [7, 11) is 1.91. The van der Waals surface area contributed by atoms with Gasteiger partial charge in [-0.15, -0.1) is 0 Å². The molecule has 1 aliphatic carbocycles. The van der Waals surface area contributed by atoms with Crippen molar-refractivity contribution in [3.63, 3.8) is 0 Å². The van der Waals surface area contributed by atoms with E-state index in [0.717, 1.165) is 0 Å². The number of aliphatic hydroxyl groups excluding tert-OH is 1. The highest BCUT2D eigenvalue weighted by Gasteiger charge is 2.32. The van der Waals surface area contributed by atoms with E-state index in [1.807, 2.05) is 11.9 Å². The largest absolute Gasteiger partial charge is 0.389 e. The summed E-state index contributed by atoms with van der Waals surface area (Å²) in [5.74, 6) is 0.417. The van der Waals surface area contributed by atoms with Gasteiger partial charge in [0.05, 0.1) is 11.8 Å². The highest BCUT2D eigenvalue weighted by molar-refractivity contribution is 5.56. The molecule has 0 aliphatic heterocycles. The highest BCUT2D eigenvalue weighted by atomic mass is 19.1. The summed E-state index contributed by atoms with van der Waals surface area (Å²) in [6.07, 6.45) is 1.81. The van der Waals surface area contributed by atoms with Gasteiger partial charge < -0.3 is 10.0 Å². The van der Waals surface area contributed by atoms with Gasteiger partial charge in [0, 0.05) is 18.7 Å². The van der Waals surface area contributed by atoms with E-state index in [0.29, 0.717) is 23.2 Å². The number of benzene rings is 1. The Balaban J connectivity index is 2.34. The van der Waals surface area contributed by atoms with Crippen molar-refractivity contribution in [2.75, 3.05) is 11.9 Å². The molecule has 0 aromatic heterocycles. The maximum absolute atomic E-state index is 14.0. The van der Waals surface area contributed by atoms with Gasteiger partial charge in [0.2, 0.25) is 0 Å². The Labute approximate surface area is 102 Å². The van der Waals surface area contributed by atoms with E-state index >= 15 is 0 Å². The lowest BCUT2D eigenvalue weighted by molar-refractivity contribution is 0.199. The van der Waals surface area contributed by atoms with Crippen LogP contribution in [0.2, 0.25) is 0 Å². The molecule has 0 radical (unpaired) electrons. The lowest BCUT2D eigenvalue weighted by Crippen LogP contribution is -2.32. The monoisotopic (exact) mass is 237 g/mol. The van der Waals surface area contributed by atoms with Crippen LogP contribution in [0.3, 0.4) is 0 Å². The standard InChI is InChI=1S/C14H20FNO/c1-9(11-7-8-11)16(3)14-12(10(2)17)5-4-6-13(14)15/h4-6,9-11,17H,7-8H2,1-3H3/t9?,10-/m1/s1. The van der Waals surface area contributed by atoms with Crippen LogP contribution in [0.5, 0.6) is 0 Å². The zero-order chi connectivity index (χ0) is 12.6. The summed E-state index contributed by atoms with van der Waals surface area (Å²) in [6.45, 7) is 3.80. The zero-order valence-electron chi connectivity index (χ0n) is 10.7. The Bertz CT molecular complexity index is 401. The van der Waals surface area contributed by atoms with Crippen LogP contribution in [0.1, 0.15) is 38.4 Å². The molecule has 1 unspecified atom stereocenters. The van der Waals surface area contributed by atoms with Crippen LogP contribution in [0.4, 0.5) is 10.1 Å².